The molecular weight excluding hydrogens is 534 g/mol. The van der Waals surface area contributed by atoms with E-state index in [0.29, 0.717) is 18.0 Å². The number of para-hydroxylation sites is 2. The Hall–Kier alpha value is -5.34. The summed E-state index contributed by atoms with van der Waals surface area (Å²) in [4.78, 5) is 0. The van der Waals surface area contributed by atoms with Crippen LogP contribution in [0.4, 0.5) is 5.69 Å². The van der Waals surface area contributed by atoms with Gasteiger partial charge in [-0.2, -0.15) is 0 Å². The second-order valence-electron chi connectivity index (χ2n) is 12.3. The molecule has 0 unspecified atom stereocenters. The largest absolute Gasteiger partial charge is 0.487 e. The molecule has 2 nitrogen and oxygen atoms in total. The van der Waals surface area contributed by atoms with E-state index in [1.807, 2.05) is 24.3 Å². The van der Waals surface area contributed by atoms with E-state index >= 15 is 0 Å². The lowest BCUT2D eigenvalue weighted by Gasteiger charge is -2.24. The Morgan fingerprint density at radius 2 is 1.16 bits per heavy atom. The highest BCUT2D eigenvalue weighted by atomic mass is 16.5. The third kappa shape index (κ3) is 4.10. The van der Waals surface area contributed by atoms with Gasteiger partial charge in [0.25, 0.3) is 0 Å². The summed E-state index contributed by atoms with van der Waals surface area (Å²) in [7, 11) is 0. The van der Waals surface area contributed by atoms with E-state index in [-0.39, 0.29) is 5.41 Å². The molecule has 7 aromatic rings. The monoisotopic (exact) mass is 567 g/mol. The van der Waals surface area contributed by atoms with Crippen LogP contribution in [-0.4, -0.2) is 0 Å². The zero-order valence-electron chi connectivity index (χ0n) is 25.0. The van der Waals surface area contributed by atoms with Crippen molar-refractivity contribution in [2.24, 2.45) is 0 Å². The molecule has 212 valence electrons. The lowest BCUT2D eigenvalue weighted by molar-refractivity contribution is 0.311. The van der Waals surface area contributed by atoms with Crippen LogP contribution in [0.2, 0.25) is 0 Å². The quantitative estimate of drug-likeness (QED) is 0.166. The summed E-state index contributed by atoms with van der Waals surface area (Å²) in [6, 6.07) is 49.8. The van der Waals surface area contributed by atoms with E-state index in [9.17, 15) is 0 Å². The van der Waals surface area contributed by atoms with Crippen LogP contribution in [0.3, 0.4) is 0 Å². The van der Waals surface area contributed by atoms with Gasteiger partial charge in [0.15, 0.2) is 0 Å². The molecule has 44 heavy (non-hydrogen) atoms. The molecule has 0 saturated carbocycles. The van der Waals surface area contributed by atoms with E-state index in [2.05, 4.69) is 129 Å². The Bertz CT molecular complexity index is 2190. The zero-order chi connectivity index (χ0) is 29.8. The van der Waals surface area contributed by atoms with Crippen molar-refractivity contribution in [3.8, 4) is 39.1 Å². The van der Waals surface area contributed by atoms with Crippen LogP contribution in [0.25, 0.3) is 54.9 Å². The first kappa shape index (κ1) is 26.3. The average Bonchev–Trinajstić information content (AvgIpc) is 3.29. The molecule has 7 aromatic carbocycles. The smallest absolute Gasteiger partial charge is 0.142 e. The Labute approximate surface area is 258 Å². The molecule has 0 atom stereocenters. The van der Waals surface area contributed by atoms with Crippen LogP contribution in [0.15, 0.2) is 140 Å². The van der Waals surface area contributed by atoms with Crippen molar-refractivity contribution in [2.45, 2.75) is 25.9 Å². The van der Waals surface area contributed by atoms with Gasteiger partial charge in [-0.05, 0) is 90.3 Å². The highest BCUT2D eigenvalue weighted by molar-refractivity contribution is 6.16. The van der Waals surface area contributed by atoms with E-state index in [4.69, 9.17) is 10.5 Å². The number of hydrogen-bond acceptors (Lipinski definition) is 2. The molecule has 0 radical (unpaired) electrons. The van der Waals surface area contributed by atoms with Gasteiger partial charge in [-0.1, -0.05) is 129 Å². The Kier molecular flexibility index (Phi) is 6.06. The van der Waals surface area contributed by atoms with Crippen molar-refractivity contribution in [1.82, 2.24) is 0 Å². The molecule has 1 aliphatic carbocycles. The molecule has 2 heteroatoms. The number of fused-ring (bicyclic) bond motifs is 5. The predicted octanol–water partition coefficient (Wildman–Crippen LogP) is 10.8. The van der Waals surface area contributed by atoms with E-state index in [1.54, 1.807) is 0 Å². The first-order chi connectivity index (χ1) is 21.5. The zero-order valence-corrected chi connectivity index (χ0v) is 25.0. The van der Waals surface area contributed by atoms with Crippen LogP contribution in [0.1, 0.15) is 30.5 Å². The Balaban J connectivity index is 1.40. The fraction of sp³-hybridized carbons (Fsp3) is 0.0952. The summed E-state index contributed by atoms with van der Waals surface area (Å²) >= 11 is 0. The van der Waals surface area contributed by atoms with Crippen LogP contribution in [0, 0.1) is 0 Å². The number of ether oxygens (including phenoxy) is 1. The number of rotatable bonds is 5. The van der Waals surface area contributed by atoms with Gasteiger partial charge in [0.2, 0.25) is 0 Å². The number of benzene rings is 7. The number of hydrogen-bond donors (Lipinski definition) is 1. The third-order valence-corrected chi connectivity index (χ3v) is 9.41. The lowest BCUT2D eigenvalue weighted by Crippen LogP contribution is -2.15. The minimum atomic E-state index is -0.102. The van der Waals surface area contributed by atoms with Crippen molar-refractivity contribution in [2.75, 3.05) is 5.73 Å². The van der Waals surface area contributed by atoms with E-state index in [1.165, 1.54) is 71.6 Å². The maximum Gasteiger partial charge on any atom is 0.142 e. The van der Waals surface area contributed by atoms with E-state index in [0.717, 1.165) is 0 Å². The minimum Gasteiger partial charge on any atom is -0.487 e. The van der Waals surface area contributed by atoms with E-state index < -0.39 is 0 Å². The molecule has 0 saturated heterocycles. The van der Waals surface area contributed by atoms with Gasteiger partial charge < -0.3 is 10.5 Å². The van der Waals surface area contributed by atoms with Crippen molar-refractivity contribution in [1.29, 1.82) is 0 Å². The van der Waals surface area contributed by atoms with Crippen molar-refractivity contribution < 1.29 is 4.74 Å². The van der Waals surface area contributed by atoms with Gasteiger partial charge in [0.05, 0.1) is 5.69 Å². The van der Waals surface area contributed by atoms with Crippen LogP contribution >= 0.6 is 0 Å². The maximum atomic E-state index is 6.45. The van der Waals surface area contributed by atoms with Gasteiger partial charge in [0.1, 0.15) is 12.4 Å². The molecule has 0 bridgehead atoms. The number of nitrogen functional groups attached to an aromatic ring is 1. The highest BCUT2D eigenvalue weighted by Gasteiger charge is 2.36. The summed E-state index contributed by atoms with van der Waals surface area (Å²) in [6.07, 6.45) is 0. The summed E-state index contributed by atoms with van der Waals surface area (Å²) in [5.74, 6) is 0.706. The van der Waals surface area contributed by atoms with Gasteiger partial charge in [-0.25, -0.2) is 0 Å². The molecule has 8 rings (SSSR count). The third-order valence-electron chi connectivity index (χ3n) is 9.41. The minimum absolute atomic E-state index is 0.102. The second-order valence-corrected chi connectivity index (χ2v) is 12.3. The summed E-state index contributed by atoms with van der Waals surface area (Å²) in [6.45, 7) is 5.12. The summed E-state index contributed by atoms with van der Waals surface area (Å²) in [5.41, 5.74) is 18.3. The standard InChI is InChI=1S/C42H33NO/c1-42(2)37-17-9-8-15-31(37)34-24-33-35(25-38(34)42)41(29-22-20-28(21-23-29)27-12-4-3-5-13-27)32-16-7-6-14-30(32)36(33)26-44-40-19-11-10-18-39(40)43/h3-25H,26,43H2,1-2H3. The molecule has 0 heterocycles. The Morgan fingerprint density at radius 3 is 1.95 bits per heavy atom. The Morgan fingerprint density at radius 1 is 0.523 bits per heavy atom. The summed E-state index contributed by atoms with van der Waals surface area (Å²) < 4.78 is 6.45. The fourth-order valence-electron chi connectivity index (χ4n) is 7.15. The van der Waals surface area contributed by atoms with Gasteiger partial charge in [-0.3, -0.25) is 0 Å². The van der Waals surface area contributed by atoms with Gasteiger partial charge >= 0.3 is 0 Å². The van der Waals surface area contributed by atoms with Gasteiger partial charge in [-0.15, -0.1) is 0 Å². The van der Waals surface area contributed by atoms with Gasteiger partial charge in [0, 0.05) is 11.0 Å². The van der Waals surface area contributed by atoms with Crippen molar-refractivity contribution in [3.63, 3.8) is 0 Å². The topological polar surface area (TPSA) is 35.2 Å². The van der Waals surface area contributed by atoms with Crippen molar-refractivity contribution >= 4 is 27.2 Å². The molecule has 1 aliphatic rings. The maximum absolute atomic E-state index is 6.45. The molecule has 2 N–H and O–H groups in total. The second kappa shape index (κ2) is 10.1. The normalized spacial score (nSPS) is 13.1. The van der Waals surface area contributed by atoms with Crippen molar-refractivity contribution in [3.05, 3.63) is 156 Å². The molecule has 0 fully saturated rings. The predicted molar refractivity (Wildman–Crippen MR) is 185 cm³/mol. The van der Waals surface area contributed by atoms with Crippen LogP contribution < -0.4 is 10.5 Å². The SMILES string of the molecule is CC1(C)c2ccccc2-c2cc3c(COc4ccccc4N)c4ccccc4c(-c4ccc(-c5ccccc5)cc4)c3cc21. The van der Waals surface area contributed by atoms with Crippen LogP contribution in [-0.2, 0) is 12.0 Å². The van der Waals surface area contributed by atoms with Crippen LogP contribution in [0.5, 0.6) is 5.75 Å². The number of nitrogens with two attached hydrogens (primary N) is 1. The lowest BCUT2D eigenvalue weighted by atomic mass is 9.80. The highest BCUT2D eigenvalue weighted by Crippen LogP contribution is 2.52. The number of anilines is 1. The average molecular weight is 568 g/mol. The first-order valence-corrected chi connectivity index (χ1v) is 15.3. The molecule has 0 spiro atoms. The first-order valence-electron chi connectivity index (χ1n) is 15.3. The molecule has 0 aliphatic heterocycles. The molecule has 0 amide bonds. The summed E-state index contributed by atoms with van der Waals surface area (Å²) in [5, 5.41) is 4.88. The molecular formula is C42H33NO. The fourth-order valence-corrected chi connectivity index (χ4v) is 7.15. The molecule has 0 aromatic heterocycles.